The summed E-state index contributed by atoms with van der Waals surface area (Å²) in [5.74, 6) is -1.83. The van der Waals surface area contributed by atoms with Crippen LogP contribution in [-0.4, -0.2) is 72.2 Å². The maximum absolute atomic E-state index is 12.6. The molecule has 0 spiro atoms. The van der Waals surface area contributed by atoms with Crippen LogP contribution in [0.3, 0.4) is 0 Å². The van der Waals surface area contributed by atoms with Crippen LogP contribution >= 0.6 is 0 Å². The van der Waals surface area contributed by atoms with E-state index in [4.69, 9.17) is 0 Å². The minimum atomic E-state index is -0.795. The van der Waals surface area contributed by atoms with Gasteiger partial charge in [-0.05, 0) is 45.1 Å². The molecular weight excluding hydrogens is 402 g/mol. The Bertz CT molecular complexity index is 694. The number of amides is 5. The minimum absolute atomic E-state index is 0.198. The number of likely N-dealkylation sites (N-methyl/N-ethyl adjacent to an activating group) is 1. The van der Waals surface area contributed by atoms with E-state index < -0.39 is 35.8 Å². The summed E-state index contributed by atoms with van der Waals surface area (Å²) in [6.07, 6.45) is 2.66. The Morgan fingerprint density at radius 1 is 1.10 bits per heavy atom. The summed E-state index contributed by atoms with van der Waals surface area (Å²) >= 11 is 0. The predicted molar refractivity (Wildman–Crippen MR) is 116 cm³/mol. The number of carbonyl (C=O) groups is 5. The quantitative estimate of drug-likeness (QED) is 0.322. The highest BCUT2D eigenvalue weighted by atomic mass is 16.2. The lowest BCUT2D eigenvalue weighted by Crippen LogP contribution is -2.54. The smallest absolute Gasteiger partial charge is 0.245 e. The molecule has 1 rings (SSSR count). The highest BCUT2D eigenvalue weighted by Crippen LogP contribution is 2.18. The van der Waals surface area contributed by atoms with Gasteiger partial charge in [0.15, 0.2) is 0 Å². The zero-order valence-corrected chi connectivity index (χ0v) is 18.8. The number of carbonyl (C=O) groups excluding carboxylic acids is 5. The molecule has 0 aromatic heterocycles. The van der Waals surface area contributed by atoms with Gasteiger partial charge in [-0.1, -0.05) is 20.4 Å². The summed E-state index contributed by atoms with van der Waals surface area (Å²) in [5, 5.41) is 10.4. The van der Waals surface area contributed by atoms with E-state index in [-0.39, 0.29) is 24.3 Å². The molecule has 0 bridgehead atoms. The van der Waals surface area contributed by atoms with Crippen molar-refractivity contribution in [3.8, 4) is 0 Å². The van der Waals surface area contributed by atoms with Gasteiger partial charge in [0.25, 0.3) is 0 Å². The molecule has 0 aromatic rings. The van der Waals surface area contributed by atoms with E-state index in [0.717, 1.165) is 6.08 Å². The third kappa shape index (κ3) is 8.39. The maximum atomic E-state index is 12.6. The number of nitrogens with one attached hydrogen (secondary N) is 4. The number of hydrogen-bond donors (Lipinski definition) is 4. The van der Waals surface area contributed by atoms with Crippen LogP contribution in [0.1, 0.15) is 47.0 Å². The van der Waals surface area contributed by atoms with Crippen molar-refractivity contribution in [3.63, 3.8) is 0 Å². The van der Waals surface area contributed by atoms with E-state index >= 15 is 0 Å². The monoisotopic (exact) mass is 437 g/mol. The molecule has 5 amide bonds. The van der Waals surface area contributed by atoms with Crippen molar-refractivity contribution < 1.29 is 24.0 Å². The molecule has 174 valence electrons. The second kappa shape index (κ2) is 12.7. The molecule has 3 atom stereocenters. The van der Waals surface area contributed by atoms with Crippen molar-refractivity contribution in [2.24, 2.45) is 5.92 Å². The first-order chi connectivity index (χ1) is 14.6. The fourth-order valence-electron chi connectivity index (χ4n) is 3.42. The summed E-state index contributed by atoms with van der Waals surface area (Å²) < 4.78 is 0. The van der Waals surface area contributed by atoms with Gasteiger partial charge in [-0.3, -0.25) is 24.0 Å². The second-order valence-corrected chi connectivity index (χ2v) is 7.99. The highest BCUT2D eigenvalue weighted by Gasteiger charge is 2.36. The van der Waals surface area contributed by atoms with Crippen LogP contribution in [0.4, 0.5) is 0 Å². The van der Waals surface area contributed by atoms with Crippen molar-refractivity contribution in [2.45, 2.75) is 65.1 Å². The number of likely N-dealkylation sites (tertiary alicyclic amines) is 1. The first-order valence-electron chi connectivity index (χ1n) is 10.7. The van der Waals surface area contributed by atoms with E-state index in [9.17, 15) is 24.0 Å². The molecule has 1 aliphatic heterocycles. The Kier molecular flexibility index (Phi) is 10.7. The van der Waals surface area contributed by atoms with Crippen molar-refractivity contribution in [3.05, 3.63) is 12.7 Å². The van der Waals surface area contributed by atoms with Gasteiger partial charge in [-0.2, -0.15) is 0 Å². The van der Waals surface area contributed by atoms with Crippen LogP contribution in [0, 0.1) is 5.92 Å². The van der Waals surface area contributed by atoms with Gasteiger partial charge in [0.2, 0.25) is 29.5 Å². The average molecular weight is 438 g/mol. The van der Waals surface area contributed by atoms with E-state index in [1.54, 1.807) is 13.8 Å². The lowest BCUT2D eigenvalue weighted by atomic mass is 10.0. The average Bonchev–Trinajstić information content (AvgIpc) is 3.20. The van der Waals surface area contributed by atoms with Crippen LogP contribution < -0.4 is 21.3 Å². The third-order valence-electron chi connectivity index (χ3n) is 4.89. The van der Waals surface area contributed by atoms with E-state index in [1.807, 2.05) is 13.8 Å². The molecule has 31 heavy (non-hydrogen) atoms. The normalized spacial score (nSPS) is 17.5. The van der Waals surface area contributed by atoms with Gasteiger partial charge in [0.1, 0.15) is 18.1 Å². The number of nitrogens with zero attached hydrogens (tertiary/aromatic N) is 1. The Labute approximate surface area is 183 Å². The van der Waals surface area contributed by atoms with Crippen molar-refractivity contribution in [2.75, 3.05) is 19.6 Å². The molecule has 0 saturated carbocycles. The maximum Gasteiger partial charge on any atom is 0.245 e. The van der Waals surface area contributed by atoms with Gasteiger partial charge in [0, 0.05) is 13.1 Å². The van der Waals surface area contributed by atoms with E-state index in [2.05, 4.69) is 27.8 Å². The fourth-order valence-corrected chi connectivity index (χ4v) is 3.42. The lowest BCUT2D eigenvalue weighted by molar-refractivity contribution is -0.141. The predicted octanol–water partition coefficient (Wildman–Crippen LogP) is -0.549. The van der Waals surface area contributed by atoms with Gasteiger partial charge >= 0.3 is 0 Å². The molecule has 4 N–H and O–H groups in total. The SMILES string of the molecule is C=CC(=O)N[C@@H](C)C(=O)N1CCC[C@H]1C(=O)NCC(=O)NC(CC(C)C)C(=O)NCC. The zero-order valence-electron chi connectivity index (χ0n) is 18.8. The highest BCUT2D eigenvalue weighted by molar-refractivity contribution is 5.95. The Morgan fingerprint density at radius 3 is 2.35 bits per heavy atom. The molecule has 1 aliphatic rings. The minimum Gasteiger partial charge on any atom is -0.355 e. The van der Waals surface area contributed by atoms with Crippen LogP contribution in [0.25, 0.3) is 0 Å². The molecule has 0 aromatic carbocycles. The van der Waals surface area contributed by atoms with E-state index in [0.29, 0.717) is 32.4 Å². The van der Waals surface area contributed by atoms with Crippen LogP contribution in [0.5, 0.6) is 0 Å². The van der Waals surface area contributed by atoms with Crippen molar-refractivity contribution in [1.82, 2.24) is 26.2 Å². The van der Waals surface area contributed by atoms with Gasteiger partial charge in [-0.25, -0.2) is 0 Å². The molecule has 1 heterocycles. The summed E-state index contributed by atoms with van der Waals surface area (Å²) in [6.45, 7) is 11.1. The van der Waals surface area contributed by atoms with Crippen LogP contribution in [0.2, 0.25) is 0 Å². The van der Waals surface area contributed by atoms with Gasteiger partial charge < -0.3 is 26.2 Å². The molecule has 10 nitrogen and oxygen atoms in total. The molecule has 0 aliphatic carbocycles. The van der Waals surface area contributed by atoms with E-state index in [1.165, 1.54) is 4.90 Å². The lowest BCUT2D eigenvalue weighted by Gasteiger charge is -2.27. The van der Waals surface area contributed by atoms with Crippen molar-refractivity contribution >= 4 is 29.5 Å². The fraction of sp³-hybridized carbons (Fsp3) is 0.667. The van der Waals surface area contributed by atoms with Gasteiger partial charge in [-0.15, -0.1) is 0 Å². The van der Waals surface area contributed by atoms with Crippen LogP contribution in [-0.2, 0) is 24.0 Å². The Morgan fingerprint density at radius 2 is 1.77 bits per heavy atom. The second-order valence-electron chi connectivity index (χ2n) is 7.99. The molecule has 1 unspecified atom stereocenters. The summed E-state index contributed by atoms with van der Waals surface area (Å²) in [6, 6.07) is -2.18. The molecule has 1 saturated heterocycles. The summed E-state index contributed by atoms with van der Waals surface area (Å²) in [7, 11) is 0. The van der Waals surface area contributed by atoms with Crippen LogP contribution in [0.15, 0.2) is 12.7 Å². The standard InChI is InChI=1S/C21H35N5O5/c1-6-17(27)24-14(5)21(31)26-10-8-9-16(26)20(30)23-12-18(28)25-15(11-13(3)4)19(29)22-7-2/h6,13-16H,1,7-12H2,2-5H3,(H,22,29)(H,23,30)(H,24,27)(H,25,28)/t14-,15?,16-/m0/s1. The zero-order chi connectivity index (χ0) is 23.6. The molecule has 10 heteroatoms. The Hall–Kier alpha value is -2.91. The first kappa shape index (κ1) is 26.1. The van der Waals surface area contributed by atoms with Gasteiger partial charge in [0.05, 0.1) is 6.54 Å². The molecule has 0 radical (unpaired) electrons. The summed E-state index contributed by atoms with van der Waals surface area (Å²) in [4.78, 5) is 62.5. The van der Waals surface area contributed by atoms with Crippen molar-refractivity contribution in [1.29, 1.82) is 0 Å². The molecule has 1 fully saturated rings. The first-order valence-corrected chi connectivity index (χ1v) is 10.7. The largest absolute Gasteiger partial charge is 0.355 e. The molecular formula is C21H35N5O5. The third-order valence-corrected chi connectivity index (χ3v) is 4.89. The summed E-state index contributed by atoms with van der Waals surface area (Å²) in [5.41, 5.74) is 0. The number of hydrogen-bond acceptors (Lipinski definition) is 5. The Balaban J connectivity index is 2.63. The number of rotatable bonds is 11. The topological polar surface area (TPSA) is 137 Å².